The molecule has 0 aliphatic carbocycles. The van der Waals surface area contributed by atoms with E-state index in [1.807, 2.05) is 0 Å². The van der Waals surface area contributed by atoms with Crippen molar-refractivity contribution in [1.29, 1.82) is 0 Å². The number of halogens is 1. The van der Waals surface area contributed by atoms with Crippen molar-refractivity contribution in [3.05, 3.63) is 15.9 Å². The summed E-state index contributed by atoms with van der Waals surface area (Å²) in [5.74, 6) is 0. The molecule has 4 nitrogen and oxygen atoms in total. The van der Waals surface area contributed by atoms with Gasteiger partial charge < -0.3 is 10.5 Å². The first-order valence-corrected chi connectivity index (χ1v) is 8.56. The lowest BCUT2D eigenvalue weighted by atomic mass is 10.0. The third kappa shape index (κ3) is 3.83. The molecule has 0 radical (unpaired) electrons. The Labute approximate surface area is 130 Å². The average Bonchev–Trinajstić information content (AvgIpc) is 3.06. The minimum Gasteiger partial charge on any atom is -0.378 e. The van der Waals surface area contributed by atoms with Crippen molar-refractivity contribution in [2.24, 2.45) is 5.73 Å². The minimum absolute atomic E-state index is 0.183. The largest absolute Gasteiger partial charge is 0.378 e. The molecule has 0 aromatic carbocycles. The quantitative estimate of drug-likeness (QED) is 0.827. The van der Waals surface area contributed by atoms with Crippen LogP contribution >= 0.6 is 15.9 Å². The second kappa shape index (κ2) is 7.57. The van der Waals surface area contributed by atoms with Crippen LogP contribution in [0.1, 0.15) is 50.9 Å². The van der Waals surface area contributed by atoms with Crippen molar-refractivity contribution in [2.75, 3.05) is 6.61 Å². The van der Waals surface area contributed by atoms with Crippen molar-refractivity contribution in [1.82, 2.24) is 9.78 Å². The molecule has 5 heteroatoms. The van der Waals surface area contributed by atoms with E-state index in [-0.39, 0.29) is 6.04 Å². The highest BCUT2D eigenvalue weighted by Crippen LogP contribution is 2.24. The second-order valence-corrected chi connectivity index (χ2v) is 6.35. The maximum absolute atomic E-state index is 6.31. The Kier molecular flexibility index (Phi) is 6.05. The second-order valence-electron chi connectivity index (χ2n) is 5.55. The maximum atomic E-state index is 6.31. The van der Waals surface area contributed by atoms with Crippen LogP contribution < -0.4 is 5.73 Å². The number of rotatable bonds is 7. The fourth-order valence-corrected chi connectivity index (χ4v) is 3.56. The van der Waals surface area contributed by atoms with Gasteiger partial charge >= 0.3 is 0 Å². The molecular formula is C15H26BrN3O. The van der Waals surface area contributed by atoms with E-state index >= 15 is 0 Å². The molecular weight excluding hydrogens is 318 g/mol. The highest BCUT2D eigenvalue weighted by atomic mass is 79.9. The van der Waals surface area contributed by atoms with Crippen LogP contribution in [0.2, 0.25) is 0 Å². The zero-order valence-electron chi connectivity index (χ0n) is 12.6. The van der Waals surface area contributed by atoms with Crippen molar-refractivity contribution >= 4 is 15.9 Å². The Balaban J connectivity index is 1.92. The van der Waals surface area contributed by atoms with Gasteiger partial charge in [0.25, 0.3) is 0 Å². The highest BCUT2D eigenvalue weighted by Gasteiger charge is 2.19. The molecule has 2 heterocycles. The van der Waals surface area contributed by atoms with Crippen molar-refractivity contribution < 1.29 is 4.74 Å². The van der Waals surface area contributed by atoms with Gasteiger partial charge in [0, 0.05) is 25.6 Å². The summed E-state index contributed by atoms with van der Waals surface area (Å²) in [4.78, 5) is 0. The zero-order chi connectivity index (χ0) is 14.5. The molecule has 1 fully saturated rings. The van der Waals surface area contributed by atoms with E-state index in [0.717, 1.165) is 49.0 Å². The molecule has 1 aliphatic heterocycles. The van der Waals surface area contributed by atoms with Crippen LogP contribution in [0.25, 0.3) is 0 Å². The fourth-order valence-electron chi connectivity index (χ4n) is 2.83. The molecule has 1 aromatic rings. The van der Waals surface area contributed by atoms with E-state index < -0.39 is 0 Å². The third-order valence-corrected chi connectivity index (χ3v) is 4.95. The van der Waals surface area contributed by atoms with Crippen LogP contribution in [0.15, 0.2) is 4.47 Å². The summed E-state index contributed by atoms with van der Waals surface area (Å²) in [6.07, 6.45) is 6.77. The first kappa shape index (κ1) is 16.0. The lowest BCUT2D eigenvalue weighted by Gasteiger charge is -2.15. The summed E-state index contributed by atoms with van der Waals surface area (Å²) in [5.41, 5.74) is 8.68. The topological polar surface area (TPSA) is 53.1 Å². The van der Waals surface area contributed by atoms with E-state index in [1.165, 1.54) is 18.5 Å². The van der Waals surface area contributed by atoms with Gasteiger partial charge in [-0.05, 0) is 55.0 Å². The van der Waals surface area contributed by atoms with E-state index in [4.69, 9.17) is 10.5 Å². The van der Waals surface area contributed by atoms with Gasteiger partial charge in [-0.2, -0.15) is 5.10 Å². The fraction of sp³-hybridized carbons (Fsp3) is 0.800. The van der Waals surface area contributed by atoms with E-state index in [0.29, 0.717) is 6.10 Å². The van der Waals surface area contributed by atoms with Crippen LogP contribution in [-0.4, -0.2) is 28.5 Å². The SMILES string of the molecule is CCc1nn(CC)c(CC(N)CCC2CCCO2)c1Br. The number of hydrogen-bond acceptors (Lipinski definition) is 3. The highest BCUT2D eigenvalue weighted by molar-refractivity contribution is 9.10. The molecule has 1 saturated heterocycles. The summed E-state index contributed by atoms with van der Waals surface area (Å²) < 4.78 is 8.89. The number of aryl methyl sites for hydroxylation is 2. The minimum atomic E-state index is 0.183. The van der Waals surface area contributed by atoms with Crippen LogP contribution in [0.5, 0.6) is 0 Å². The smallest absolute Gasteiger partial charge is 0.0766 e. The molecule has 1 aromatic heterocycles. The third-order valence-electron chi connectivity index (χ3n) is 4.03. The number of nitrogens with zero attached hydrogens (tertiary/aromatic N) is 2. The number of hydrogen-bond donors (Lipinski definition) is 1. The molecule has 2 unspecified atom stereocenters. The Hall–Kier alpha value is -0.390. The van der Waals surface area contributed by atoms with Crippen molar-refractivity contribution in [2.45, 2.75) is 71.1 Å². The number of nitrogens with two attached hydrogens (primary N) is 1. The lowest BCUT2D eigenvalue weighted by Crippen LogP contribution is -2.26. The Morgan fingerprint density at radius 2 is 2.30 bits per heavy atom. The molecule has 0 saturated carbocycles. The summed E-state index contributed by atoms with van der Waals surface area (Å²) in [7, 11) is 0. The molecule has 2 N–H and O–H groups in total. The number of ether oxygens (including phenoxy) is 1. The van der Waals surface area contributed by atoms with Crippen molar-refractivity contribution in [3.8, 4) is 0 Å². The van der Waals surface area contributed by atoms with Gasteiger partial charge in [0.05, 0.1) is 22.0 Å². The summed E-state index contributed by atoms with van der Waals surface area (Å²) in [6, 6.07) is 0.183. The molecule has 2 rings (SSSR count). The van der Waals surface area contributed by atoms with Gasteiger partial charge in [0.1, 0.15) is 0 Å². The molecule has 0 spiro atoms. The van der Waals surface area contributed by atoms with Gasteiger partial charge in [-0.3, -0.25) is 4.68 Å². The van der Waals surface area contributed by atoms with Crippen LogP contribution in [0.3, 0.4) is 0 Å². The maximum Gasteiger partial charge on any atom is 0.0766 e. The zero-order valence-corrected chi connectivity index (χ0v) is 14.2. The predicted octanol–water partition coefficient (Wildman–Crippen LogP) is 3.06. The van der Waals surface area contributed by atoms with Crippen LogP contribution in [0.4, 0.5) is 0 Å². The predicted molar refractivity (Wildman–Crippen MR) is 84.9 cm³/mol. The first-order valence-electron chi connectivity index (χ1n) is 7.76. The van der Waals surface area contributed by atoms with Gasteiger partial charge in [0.2, 0.25) is 0 Å². The molecule has 0 amide bonds. The van der Waals surface area contributed by atoms with Crippen LogP contribution in [-0.2, 0) is 24.1 Å². The van der Waals surface area contributed by atoms with Gasteiger partial charge in [-0.25, -0.2) is 0 Å². The van der Waals surface area contributed by atoms with E-state index in [2.05, 4.69) is 39.6 Å². The molecule has 2 atom stereocenters. The standard InChI is InChI=1S/C15H26BrN3O/c1-3-13-15(16)14(19(4-2)18-13)10-11(17)7-8-12-6-5-9-20-12/h11-12H,3-10,17H2,1-2H3. The van der Waals surface area contributed by atoms with Gasteiger partial charge in [-0.1, -0.05) is 6.92 Å². The monoisotopic (exact) mass is 343 g/mol. The Morgan fingerprint density at radius 3 is 2.90 bits per heavy atom. The van der Waals surface area contributed by atoms with Crippen molar-refractivity contribution in [3.63, 3.8) is 0 Å². The Bertz CT molecular complexity index is 427. The van der Waals surface area contributed by atoms with E-state index in [9.17, 15) is 0 Å². The molecule has 1 aliphatic rings. The number of aromatic nitrogens is 2. The average molecular weight is 344 g/mol. The normalized spacial score (nSPS) is 20.5. The summed E-state index contributed by atoms with van der Waals surface area (Å²) >= 11 is 3.69. The van der Waals surface area contributed by atoms with Gasteiger partial charge in [0.15, 0.2) is 0 Å². The molecule has 20 heavy (non-hydrogen) atoms. The van der Waals surface area contributed by atoms with E-state index in [1.54, 1.807) is 0 Å². The van der Waals surface area contributed by atoms with Crippen LogP contribution in [0, 0.1) is 0 Å². The summed E-state index contributed by atoms with van der Waals surface area (Å²) in [5, 5.41) is 4.63. The van der Waals surface area contributed by atoms with Gasteiger partial charge in [-0.15, -0.1) is 0 Å². The molecule has 114 valence electrons. The molecule has 0 bridgehead atoms. The Morgan fingerprint density at radius 1 is 1.50 bits per heavy atom. The lowest BCUT2D eigenvalue weighted by molar-refractivity contribution is 0.101. The summed E-state index contributed by atoms with van der Waals surface area (Å²) in [6.45, 7) is 6.08. The first-order chi connectivity index (χ1) is 9.65.